The first-order valence-corrected chi connectivity index (χ1v) is 9.54. The summed E-state index contributed by atoms with van der Waals surface area (Å²) in [5, 5.41) is 32.7. The van der Waals surface area contributed by atoms with E-state index in [1.54, 1.807) is 18.2 Å². The lowest BCUT2D eigenvalue weighted by Crippen LogP contribution is -2.20. The minimum absolute atomic E-state index is 0. The molecule has 0 bridgehead atoms. The van der Waals surface area contributed by atoms with Gasteiger partial charge in [0.2, 0.25) is 0 Å². The second-order valence-corrected chi connectivity index (χ2v) is 9.10. The molecule has 29 heavy (non-hydrogen) atoms. The van der Waals surface area contributed by atoms with Crippen molar-refractivity contribution in [2.75, 3.05) is 0 Å². The molecule has 5 heteroatoms. The minimum Gasteiger partial charge on any atom is -0.295 e. The van der Waals surface area contributed by atoms with Crippen LogP contribution in [-0.4, -0.2) is 5.78 Å². The van der Waals surface area contributed by atoms with Crippen molar-refractivity contribution in [2.24, 2.45) is 10.8 Å². The van der Waals surface area contributed by atoms with E-state index in [1.165, 1.54) is 11.1 Å². The van der Waals surface area contributed by atoms with E-state index in [2.05, 4.69) is 27.7 Å². The van der Waals surface area contributed by atoms with Gasteiger partial charge in [-0.3, -0.25) is 4.79 Å². The highest BCUT2D eigenvalue weighted by Crippen LogP contribution is 2.38. The normalized spacial score (nSPS) is 18.4. The van der Waals surface area contributed by atoms with E-state index in [0.717, 1.165) is 24.8 Å². The molecule has 0 amide bonds. The Morgan fingerprint density at radius 1 is 0.828 bits per heavy atom. The molecule has 0 spiro atoms. The molecule has 0 aliphatic heterocycles. The van der Waals surface area contributed by atoms with Gasteiger partial charge in [0, 0.05) is 6.42 Å². The molecule has 0 radical (unpaired) electrons. The maximum atomic E-state index is 11.0. The van der Waals surface area contributed by atoms with Gasteiger partial charge in [0.25, 0.3) is 0 Å². The van der Waals surface area contributed by atoms with Crippen LogP contribution in [0.4, 0.5) is 0 Å². The Bertz CT molecular complexity index is 844. The van der Waals surface area contributed by atoms with Gasteiger partial charge < -0.3 is 0 Å². The zero-order valence-electron chi connectivity index (χ0n) is 18.4. The first kappa shape index (κ1) is 25.9. The van der Waals surface area contributed by atoms with Crippen LogP contribution >= 0.6 is 0 Å². The number of nitrogens with zero attached hydrogens (tertiary/aromatic N) is 4. The van der Waals surface area contributed by atoms with E-state index >= 15 is 0 Å². The summed E-state index contributed by atoms with van der Waals surface area (Å²) in [6, 6.07) is 7.22. The molecule has 0 unspecified atom stereocenters. The van der Waals surface area contributed by atoms with Crippen molar-refractivity contribution in [2.45, 2.75) is 73.6 Å². The van der Waals surface area contributed by atoms with Crippen molar-refractivity contribution in [3.05, 3.63) is 34.4 Å². The van der Waals surface area contributed by atoms with Gasteiger partial charge in [-0.25, -0.2) is 0 Å². The molecule has 152 valence electrons. The number of hydrogen-bond donors (Lipinski definition) is 0. The van der Waals surface area contributed by atoms with Gasteiger partial charge in [0.1, 0.15) is 24.1 Å². The molecule has 0 saturated carbocycles. The van der Waals surface area contributed by atoms with E-state index in [-0.39, 0.29) is 28.6 Å². The fourth-order valence-electron chi connectivity index (χ4n) is 3.76. The van der Waals surface area contributed by atoms with Gasteiger partial charge in [0.05, 0.1) is 12.1 Å². The van der Waals surface area contributed by atoms with Gasteiger partial charge in [0.15, 0.2) is 5.78 Å². The van der Waals surface area contributed by atoms with Crippen molar-refractivity contribution in [1.29, 1.82) is 21.0 Å². The van der Waals surface area contributed by atoms with Crippen LogP contribution in [0.1, 0.15) is 73.6 Å². The number of ketones is 1. The first-order valence-electron chi connectivity index (χ1n) is 9.54. The lowest BCUT2D eigenvalue weighted by molar-refractivity contribution is -0.117. The molecular weight excluding hydrogens is 360 g/mol. The van der Waals surface area contributed by atoms with Crippen LogP contribution in [0.2, 0.25) is 0 Å². The third-order valence-electron chi connectivity index (χ3n) is 4.37. The third-order valence-corrected chi connectivity index (χ3v) is 4.37. The molecule has 2 aliphatic rings. The van der Waals surface area contributed by atoms with Crippen molar-refractivity contribution >= 4 is 5.78 Å². The fraction of sp³-hybridized carbons (Fsp3) is 0.542. The molecule has 0 aromatic heterocycles. The summed E-state index contributed by atoms with van der Waals surface area (Å²) in [5.74, 6) is 0.286. The van der Waals surface area contributed by atoms with Crippen molar-refractivity contribution < 1.29 is 4.79 Å². The molecule has 0 aromatic rings. The summed E-state index contributed by atoms with van der Waals surface area (Å²) >= 11 is 0. The number of carbonyl (C=O) groups excluding carboxylic acids is 1. The molecule has 0 aromatic carbocycles. The largest absolute Gasteiger partial charge is 0.295 e. The first-order chi connectivity index (χ1) is 13.4. The molecule has 2 aliphatic carbocycles. The summed E-state index contributed by atoms with van der Waals surface area (Å²) in [5.41, 5.74) is 4.00. The van der Waals surface area contributed by atoms with Crippen molar-refractivity contribution in [1.82, 2.24) is 0 Å². The quantitative estimate of drug-likeness (QED) is 0.482. The van der Waals surface area contributed by atoms with Crippen LogP contribution in [0.25, 0.3) is 0 Å². The summed E-state index contributed by atoms with van der Waals surface area (Å²) in [6.45, 7) is 12.7. The Kier molecular flexibility index (Phi) is 10.4. The zero-order chi connectivity index (χ0) is 22.7. The monoisotopic (exact) mass is 390 g/mol. The summed E-state index contributed by atoms with van der Waals surface area (Å²) in [4.78, 5) is 11.0. The number of allylic oxidation sites excluding steroid dienone is 6. The van der Waals surface area contributed by atoms with Crippen LogP contribution in [0, 0.1) is 56.2 Å². The van der Waals surface area contributed by atoms with Crippen LogP contribution in [0.3, 0.4) is 0 Å². The molecule has 0 saturated heterocycles. The highest BCUT2D eigenvalue weighted by Gasteiger charge is 2.26. The maximum Gasteiger partial charge on any atom is 0.156 e. The summed E-state index contributed by atoms with van der Waals surface area (Å²) in [7, 11) is 0. The Morgan fingerprint density at radius 2 is 1.28 bits per heavy atom. The van der Waals surface area contributed by atoms with E-state index in [0.29, 0.717) is 6.42 Å². The number of hydrogen-bond acceptors (Lipinski definition) is 5. The second kappa shape index (κ2) is 11.6. The van der Waals surface area contributed by atoms with Gasteiger partial charge in [-0.05, 0) is 55.6 Å². The van der Waals surface area contributed by atoms with E-state index < -0.39 is 0 Å². The van der Waals surface area contributed by atoms with Gasteiger partial charge >= 0.3 is 0 Å². The topological polar surface area (TPSA) is 112 Å². The minimum atomic E-state index is 0. The Morgan fingerprint density at radius 3 is 1.59 bits per heavy atom. The van der Waals surface area contributed by atoms with E-state index in [9.17, 15) is 4.79 Å². The van der Waals surface area contributed by atoms with Crippen molar-refractivity contribution in [3.63, 3.8) is 0 Å². The Balaban J connectivity index is 0.000000455. The predicted molar refractivity (Wildman–Crippen MR) is 113 cm³/mol. The molecule has 0 atom stereocenters. The van der Waals surface area contributed by atoms with Crippen LogP contribution < -0.4 is 0 Å². The van der Waals surface area contributed by atoms with Gasteiger partial charge in [-0.2, -0.15) is 21.0 Å². The van der Waals surface area contributed by atoms with Gasteiger partial charge in [-0.1, -0.05) is 44.9 Å². The molecule has 2 rings (SSSR count). The van der Waals surface area contributed by atoms with E-state index in [4.69, 9.17) is 21.0 Å². The number of carbonyl (C=O) groups is 1. The molecule has 0 N–H and O–H groups in total. The lowest BCUT2D eigenvalue weighted by Gasteiger charge is -2.30. The Labute approximate surface area is 175 Å². The third kappa shape index (κ3) is 10.7. The molecular formula is C24H30N4O. The number of nitriles is 4. The average molecular weight is 391 g/mol. The highest BCUT2D eigenvalue weighted by atomic mass is 16.1. The van der Waals surface area contributed by atoms with Crippen LogP contribution in [0.15, 0.2) is 34.4 Å². The van der Waals surface area contributed by atoms with Crippen molar-refractivity contribution in [3.8, 4) is 24.3 Å². The van der Waals surface area contributed by atoms with E-state index in [1.807, 2.05) is 32.1 Å². The fourth-order valence-corrected chi connectivity index (χ4v) is 3.76. The predicted octanol–water partition coefficient (Wildman–Crippen LogP) is 5.84. The summed E-state index contributed by atoms with van der Waals surface area (Å²) in [6.07, 6.45) is 7.39. The molecule has 0 heterocycles. The SMILES string of the molecule is CC1=CC(=C(C#N)C#N)CC(C)(C)C1.CC1=CC(=O)CC(C)(C)C1.N#CCC#N. The molecule has 5 nitrogen and oxygen atoms in total. The second-order valence-electron chi connectivity index (χ2n) is 9.10. The van der Waals surface area contributed by atoms with Crippen LogP contribution in [0.5, 0.6) is 0 Å². The average Bonchev–Trinajstić information content (AvgIpc) is 2.53. The lowest BCUT2D eigenvalue weighted by atomic mass is 9.75. The smallest absolute Gasteiger partial charge is 0.156 e. The maximum absolute atomic E-state index is 11.0. The standard InChI is InChI=1S/C12H14N2.C9H14O.C3H2N2/c1-9-4-10(11(7-13)8-14)6-12(2,3)5-9;1-7-4-8(10)6-9(2,3)5-7;4-2-1-3-5/h4H,5-6H2,1-3H3;4H,5-6H2,1-3H3;1H2. The Hall–Kier alpha value is -3.15. The number of rotatable bonds is 0. The molecule has 0 fully saturated rings. The van der Waals surface area contributed by atoms with Crippen LogP contribution in [-0.2, 0) is 4.79 Å². The van der Waals surface area contributed by atoms with Gasteiger partial charge in [-0.15, -0.1) is 0 Å². The summed E-state index contributed by atoms with van der Waals surface area (Å²) < 4.78 is 0. The highest BCUT2D eigenvalue weighted by molar-refractivity contribution is 5.91. The zero-order valence-corrected chi connectivity index (χ0v) is 18.4.